The van der Waals surface area contributed by atoms with Crippen molar-refractivity contribution in [3.63, 3.8) is 0 Å². The average Bonchev–Trinajstić information content (AvgIpc) is 3.24. The maximum absolute atomic E-state index is 12.1. The van der Waals surface area contributed by atoms with Crippen LogP contribution in [0, 0.1) is 0 Å². The van der Waals surface area contributed by atoms with Gasteiger partial charge in [0.25, 0.3) is 5.91 Å². The Labute approximate surface area is 176 Å². The van der Waals surface area contributed by atoms with Gasteiger partial charge in [-0.3, -0.25) is 9.69 Å². The number of halogens is 1. The fourth-order valence-electron chi connectivity index (χ4n) is 3.20. The molecule has 1 N–H and O–H groups in total. The van der Waals surface area contributed by atoms with Gasteiger partial charge < -0.3 is 19.2 Å². The van der Waals surface area contributed by atoms with Gasteiger partial charge in [0, 0.05) is 38.9 Å². The summed E-state index contributed by atoms with van der Waals surface area (Å²) >= 11 is 6.34. The Kier molecular flexibility index (Phi) is 8.16. The summed E-state index contributed by atoms with van der Waals surface area (Å²) in [7, 11) is 1.59. The normalized spacial score (nSPS) is 15.7. The van der Waals surface area contributed by atoms with Crippen molar-refractivity contribution in [1.29, 1.82) is 0 Å². The number of methoxy groups -OCH3 is 1. The number of hydrogen-bond donors (Lipinski definition) is 1. The van der Waals surface area contributed by atoms with E-state index in [0.717, 1.165) is 38.2 Å². The Morgan fingerprint density at radius 3 is 2.86 bits per heavy atom. The first-order valence-electron chi connectivity index (χ1n) is 9.81. The highest BCUT2D eigenvalue weighted by Gasteiger charge is 2.21. The Hall–Kier alpha value is -2.28. The Morgan fingerprint density at radius 1 is 1.34 bits per heavy atom. The molecule has 1 aliphatic heterocycles. The van der Waals surface area contributed by atoms with Crippen LogP contribution in [-0.4, -0.2) is 56.8 Å². The van der Waals surface area contributed by atoms with E-state index in [1.807, 2.05) is 18.2 Å². The number of rotatable bonds is 9. The van der Waals surface area contributed by atoms with E-state index in [4.69, 9.17) is 25.5 Å². The zero-order chi connectivity index (χ0) is 20.5. The van der Waals surface area contributed by atoms with Gasteiger partial charge in [0.2, 0.25) is 0 Å². The summed E-state index contributed by atoms with van der Waals surface area (Å²) in [4.78, 5) is 14.5. The number of nitrogens with zero attached hydrogens (tertiary/aromatic N) is 1. The van der Waals surface area contributed by atoms with E-state index in [-0.39, 0.29) is 12.0 Å². The number of furan rings is 1. The van der Waals surface area contributed by atoms with Crippen LogP contribution < -0.4 is 10.1 Å². The van der Waals surface area contributed by atoms with E-state index >= 15 is 0 Å². The number of likely N-dealkylation sites (tertiary alicyclic amines) is 1. The van der Waals surface area contributed by atoms with Crippen molar-refractivity contribution in [3.8, 4) is 5.75 Å². The summed E-state index contributed by atoms with van der Waals surface area (Å²) in [5, 5.41) is 3.23. The minimum atomic E-state index is -0.175. The van der Waals surface area contributed by atoms with Crippen LogP contribution >= 0.6 is 11.6 Å². The molecule has 156 valence electrons. The Bertz CT molecular complexity index is 799. The predicted octanol–water partition coefficient (Wildman–Crippen LogP) is 3.87. The molecule has 1 aliphatic rings. The topological polar surface area (TPSA) is 63.9 Å². The van der Waals surface area contributed by atoms with Crippen LogP contribution in [0.3, 0.4) is 0 Å². The molecule has 1 amide bonds. The number of ether oxygens (including phenoxy) is 2. The molecule has 1 aromatic heterocycles. The highest BCUT2D eigenvalue weighted by atomic mass is 35.5. The van der Waals surface area contributed by atoms with Gasteiger partial charge >= 0.3 is 0 Å². The molecule has 29 heavy (non-hydrogen) atoms. The van der Waals surface area contributed by atoms with Crippen molar-refractivity contribution in [2.45, 2.75) is 18.9 Å². The number of amides is 1. The van der Waals surface area contributed by atoms with E-state index in [0.29, 0.717) is 29.5 Å². The molecule has 3 rings (SSSR count). The van der Waals surface area contributed by atoms with Gasteiger partial charge in [0.1, 0.15) is 17.6 Å². The maximum atomic E-state index is 12.1. The molecule has 1 saturated heterocycles. The number of carbonyl (C=O) groups excluding carboxylic acids is 1. The van der Waals surface area contributed by atoms with Crippen LogP contribution in [0.5, 0.6) is 5.75 Å². The third kappa shape index (κ3) is 6.63. The third-order valence-electron chi connectivity index (χ3n) is 4.80. The second-order valence-electron chi connectivity index (χ2n) is 6.93. The Balaban J connectivity index is 1.44. The second-order valence-corrected chi connectivity index (χ2v) is 7.34. The number of hydrogen-bond acceptors (Lipinski definition) is 5. The summed E-state index contributed by atoms with van der Waals surface area (Å²) in [6, 6.07) is 8.97. The fraction of sp³-hybridized carbons (Fsp3) is 0.409. The molecular weight excluding hydrogens is 392 g/mol. The zero-order valence-corrected chi connectivity index (χ0v) is 17.4. The van der Waals surface area contributed by atoms with Crippen molar-refractivity contribution < 1.29 is 18.7 Å². The summed E-state index contributed by atoms with van der Waals surface area (Å²) in [5.41, 5.74) is 0.511. The highest BCUT2D eigenvalue weighted by Crippen LogP contribution is 2.28. The smallest absolute Gasteiger partial charge is 0.251 e. The molecule has 2 aromatic rings. The zero-order valence-electron chi connectivity index (χ0n) is 16.6. The van der Waals surface area contributed by atoms with Gasteiger partial charge in [0.15, 0.2) is 0 Å². The van der Waals surface area contributed by atoms with Gasteiger partial charge in [-0.15, -0.1) is 0 Å². The standard InChI is InChI=1S/C22H27ClN2O4/c1-27-15-10-24-22(26)17-6-7-21(20(23)16-17)29-19-8-12-25(13-9-19)11-2-4-18-5-3-14-28-18/h2-7,14,16,19H,8-13,15H2,1H3,(H,24,26)/b4-2+. The number of benzene rings is 1. The first kappa shape index (κ1) is 21.4. The van der Waals surface area contributed by atoms with Crippen molar-refractivity contribution in [2.24, 2.45) is 0 Å². The lowest BCUT2D eigenvalue weighted by Gasteiger charge is -2.31. The molecular formula is C22H27ClN2O4. The monoisotopic (exact) mass is 418 g/mol. The number of carbonyl (C=O) groups is 1. The molecule has 1 fully saturated rings. The molecule has 0 unspecified atom stereocenters. The van der Waals surface area contributed by atoms with E-state index in [1.165, 1.54) is 0 Å². The first-order chi connectivity index (χ1) is 14.2. The van der Waals surface area contributed by atoms with Crippen LogP contribution in [0.25, 0.3) is 6.08 Å². The molecule has 0 saturated carbocycles. The minimum absolute atomic E-state index is 0.124. The van der Waals surface area contributed by atoms with Crippen LogP contribution in [0.4, 0.5) is 0 Å². The predicted molar refractivity (Wildman–Crippen MR) is 113 cm³/mol. The van der Waals surface area contributed by atoms with Crippen molar-refractivity contribution >= 4 is 23.6 Å². The summed E-state index contributed by atoms with van der Waals surface area (Å²) < 4.78 is 16.3. The van der Waals surface area contributed by atoms with Crippen LogP contribution in [0.15, 0.2) is 47.1 Å². The van der Waals surface area contributed by atoms with Crippen molar-refractivity contribution in [3.05, 3.63) is 59.0 Å². The average molecular weight is 419 g/mol. The van der Waals surface area contributed by atoms with Crippen LogP contribution in [0.2, 0.25) is 5.02 Å². The van der Waals surface area contributed by atoms with Gasteiger partial charge in [0.05, 0.1) is 17.9 Å². The van der Waals surface area contributed by atoms with Gasteiger partial charge in [-0.05, 0) is 49.2 Å². The molecule has 0 aliphatic carbocycles. The number of nitrogens with one attached hydrogen (secondary N) is 1. The van der Waals surface area contributed by atoms with E-state index in [2.05, 4.69) is 16.3 Å². The summed E-state index contributed by atoms with van der Waals surface area (Å²) in [6.07, 6.45) is 7.78. The highest BCUT2D eigenvalue weighted by molar-refractivity contribution is 6.32. The molecule has 0 atom stereocenters. The summed E-state index contributed by atoms with van der Waals surface area (Å²) in [5.74, 6) is 1.32. The van der Waals surface area contributed by atoms with Crippen molar-refractivity contribution in [1.82, 2.24) is 10.2 Å². The lowest BCUT2D eigenvalue weighted by atomic mass is 10.1. The molecule has 6 nitrogen and oxygen atoms in total. The molecule has 0 radical (unpaired) electrons. The largest absolute Gasteiger partial charge is 0.489 e. The third-order valence-corrected chi connectivity index (χ3v) is 5.10. The molecule has 0 bridgehead atoms. The Morgan fingerprint density at radius 2 is 2.17 bits per heavy atom. The van der Waals surface area contributed by atoms with Gasteiger partial charge in [-0.2, -0.15) is 0 Å². The molecule has 7 heteroatoms. The molecule has 0 spiro atoms. The lowest BCUT2D eigenvalue weighted by molar-refractivity contribution is 0.0936. The SMILES string of the molecule is COCCNC(=O)c1ccc(OC2CCN(C/C=C/c3ccco3)CC2)c(Cl)c1. The van der Waals surface area contributed by atoms with Crippen LogP contribution in [0.1, 0.15) is 29.0 Å². The first-order valence-corrected chi connectivity index (χ1v) is 10.2. The van der Waals surface area contributed by atoms with Gasteiger partial charge in [-0.25, -0.2) is 0 Å². The lowest BCUT2D eigenvalue weighted by Crippen LogP contribution is -2.38. The van der Waals surface area contributed by atoms with Gasteiger partial charge in [-0.1, -0.05) is 17.7 Å². The summed E-state index contributed by atoms with van der Waals surface area (Å²) in [6.45, 7) is 3.75. The number of piperidine rings is 1. The van der Waals surface area contributed by atoms with Crippen LogP contribution in [-0.2, 0) is 4.74 Å². The molecule has 1 aromatic carbocycles. The van der Waals surface area contributed by atoms with Crippen molar-refractivity contribution in [2.75, 3.05) is 39.9 Å². The maximum Gasteiger partial charge on any atom is 0.251 e. The fourth-order valence-corrected chi connectivity index (χ4v) is 3.42. The van der Waals surface area contributed by atoms with E-state index < -0.39 is 0 Å². The quantitative estimate of drug-likeness (QED) is 0.626. The minimum Gasteiger partial charge on any atom is -0.489 e. The second kappa shape index (κ2) is 11.0. The van der Waals surface area contributed by atoms with E-state index in [9.17, 15) is 4.79 Å². The molecule has 2 heterocycles. The van der Waals surface area contributed by atoms with E-state index in [1.54, 1.807) is 31.6 Å².